The zero-order valence-corrected chi connectivity index (χ0v) is 20.0. The number of pyridine rings is 1. The average Bonchev–Trinajstić information content (AvgIpc) is 2.90. The molecule has 11 heteroatoms. The third-order valence-corrected chi connectivity index (χ3v) is 6.34. The van der Waals surface area contributed by atoms with Crippen LogP contribution in [0.1, 0.15) is 11.1 Å². The molecular weight excluding hydrogens is 471 g/mol. The maximum atomic E-state index is 13.5. The van der Waals surface area contributed by atoms with Crippen molar-refractivity contribution in [2.45, 2.75) is 13.1 Å². The molecule has 5 rings (SSSR count). The number of aryl methyl sites for hydroxylation is 1. The normalized spacial score (nSPS) is 16.8. The molecule has 4 heterocycles. The molecule has 3 aromatic rings. The number of ether oxygens (including phenoxy) is 1. The Bertz CT molecular complexity index is 1180. The van der Waals surface area contributed by atoms with Crippen molar-refractivity contribution >= 4 is 29.1 Å². The number of nitrogens with one attached hydrogen (secondary N) is 1. The van der Waals surface area contributed by atoms with E-state index < -0.39 is 11.7 Å². The fourth-order valence-corrected chi connectivity index (χ4v) is 4.38. The number of hydrogen-bond donors (Lipinski definition) is 1. The van der Waals surface area contributed by atoms with Crippen LogP contribution < -0.4 is 20.0 Å². The summed E-state index contributed by atoms with van der Waals surface area (Å²) >= 11 is 0. The Morgan fingerprint density at radius 1 is 0.833 bits per heavy atom. The van der Waals surface area contributed by atoms with E-state index >= 15 is 0 Å². The van der Waals surface area contributed by atoms with Gasteiger partial charge in [-0.3, -0.25) is 0 Å². The maximum absolute atomic E-state index is 13.5. The Morgan fingerprint density at radius 2 is 1.44 bits per heavy atom. The van der Waals surface area contributed by atoms with E-state index in [1.54, 1.807) is 4.90 Å². The van der Waals surface area contributed by atoms with Gasteiger partial charge in [0, 0.05) is 57.2 Å². The fourth-order valence-electron chi connectivity index (χ4n) is 4.38. The average molecular weight is 500 g/mol. The van der Waals surface area contributed by atoms with E-state index in [4.69, 9.17) is 14.7 Å². The number of rotatable bonds is 5. The first-order valence-corrected chi connectivity index (χ1v) is 11.9. The van der Waals surface area contributed by atoms with Crippen molar-refractivity contribution in [2.24, 2.45) is 0 Å². The largest absolute Gasteiger partial charge is 0.419 e. The van der Waals surface area contributed by atoms with Crippen LogP contribution in [-0.4, -0.2) is 67.4 Å². The number of alkyl halides is 3. The third kappa shape index (κ3) is 5.46. The smallest absolute Gasteiger partial charge is 0.378 e. The quantitative estimate of drug-likeness (QED) is 0.563. The van der Waals surface area contributed by atoms with Gasteiger partial charge in [0.25, 0.3) is 0 Å². The standard InChI is InChI=1S/C25H28F3N7O/c1-18-4-6-19(7-5-18)30-24-31-21(17-22(32-24)34-13-15-36-16-14-34)33-9-11-35(12-10-33)23-20(25(26,27)28)3-2-8-29-23/h2-8,17H,9-16H2,1H3,(H,30,31,32). The Hall–Kier alpha value is -3.60. The first-order chi connectivity index (χ1) is 17.4. The van der Waals surface area contributed by atoms with Crippen molar-refractivity contribution in [1.29, 1.82) is 0 Å². The molecule has 0 atom stereocenters. The van der Waals surface area contributed by atoms with Gasteiger partial charge in [0.2, 0.25) is 5.95 Å². The highest BCUT2D eigenvalue weighted by molar-refractivity contribution is 5.61. The predicted molar refractivity (Wildman–Crippen MR) is 133 cm³/mol. The number of morpholine rings is 1. The van der Waals surface area contributed by atoms with Crippen LogP contribution in [0.2, 0.25) is 0 Å². The van der Waals surface area contributed by atoms with Crippen LogP contribution in [0.4, 0.5) is 42.3 Å². The summed E-state index contributed by atoms with van der Waals surface area (Å²) in [5, 5.41) is 3.30. The van der Waals surface area contributed by atoms with E-state index in [0.29, 0.717) is 45.3 Å². The molecule has 0 unspecified atom stereocenters. The van der Waals surface area contributed by atoms with Crippen molar-refractivity contribution in [3.8, 4) is 0 Å². The lowest BCUT2D eigenvalue weighted by Gasteiger charge is -2.37. The summed E-state index contributed by atoms with van der Waals surface area (Å²) in [6.45, 7) is 6.57. The van der Waals surface area contributed by atoms with Crippen LogP contribution >= 0.6 is 0 Å². The van der Waals surface area contributed by atoms with Crippen molar-refractivity contribution in [1.82, 2.24) is 15.0 Å². The highest BCUT2D eigenvalue weighted by atomic mass is 19.4. The first kappa shape index (κ1) is 24.1. The Morgan fingerprint density at radius 3 is 2.08 bits per heavy atom. The molecule has 0 radical (unpaired) electrons. The van der Waals surface area contributed by atoms with E-state index in [1.807, 2.05) is 37.3 Å². The molecule has 190 valence electrons. The van der Waals surface area contributed by atoms with Crippen LogP contribution in [-0.2, 0) is 10.9 Å². The zero-order valence-electron chi connectivity index (χ0n) is 20.0. The lowest BCUT2D eigenvalue weighted by Crippen LogP contribution is -2.47. The maximum Gasteiger partial charge on any atom is 0.419 e. The monoisotopic (exact) mass is 499 g/mol. The second-order valence-corrected chi connectivity index (χ2v) is 8.84. The second kappa shape index (κ2) is 10.2. The Kier molecular flexibility index (Phi) is 6.82. The Labute approximate surface area is 207 Å². The molecular formula is C25H28F3N7O. The highest BCUT2D eigenvalue weighted by Gasteiger charge is 2.36. The molecule has 8 nitrogen and oxygen atoms in total. The topological polar surface area (TPSA) is 69.7 Å². The number of halogens is 3. The molecule has 2 saturated heterocycles. The summed E-state index contributed by atoms with van der Waals surface area (Å²) < 4.78 is 46.0. The highest BCUT2D eigenvalue weighted by Crippen LogP contribution is 2.35. The van der Waals surface area contributed by atoms with Crippen LogP contribution in [0, 0.1) is 6.92 Å². The van der Waals surface area contributed by atoms with Gasteiger partial charge >= 0.3 is 6.18 Å². The van der Waals surface area contributed by atoms with Crippen LogP contribution in [0.15, 0.2) is 48.7 Å². The van der Waals surface area contributed by atoms with Gasteiger partial charge in [0.15, 0.2) is 0 Å². The molecule has 2 aliphatic heterocycles. The zero-order chi connectivity index (χ0) is 25.1. The molecule has 0 saturated carbocycles. The molecule has 2 fully saturated rings. The van der Waals surface area contributed by atoms with Gasteiger partial charge < -0.3 is 24.8 Å². The fraction of sp³-hybridized carbons (Fsp3) is 0.400. The summed E-state index contributed by atoms with van der Waals surface area (Å²) in [6, 6.07) is 12.3. The SMILES string of the molecule is Cc1ccc(Nc2nc(N3CCOCC3)cc(N3CCN(c4ncccc4C(F)(F)F)CC3)n2)cc1. The molecule has 2 aromatic heterocycles. The number of benzene rings is 1. The summed E-state index contributed by atoms with van der Waals surface area (Å²) in [6.07, 6.45) is -3.05. The summed E-state index contributed by atoms with van der Waals surface area (Å²) in [5.41, 5.74) is 1.33. The van der Waals surface area contributed by atoms with Crippen LogP contribution in [0.3, 0.4) is 0 Å². The van der Waals surface area contributed by atoms with Crippen molar-refractivity contribution in [2.75, 3.05) is 72.5 Å². The van der Waals surface area contributed by atoms with Gasteiger partial charge in [0.1, 0.15) is 17.5 Å². The van der Waals surface area contributed by atoms with Gasteiger partial charge in [-0.1, -0.05) is 17.7 Å². The lowest BCUT2D eigenvalue weighted by molar-refractivity contribution is -0.137. The van der Waals surface area contributed by atoms with E-state index in [-0.39, 0.29) is 5.82 Å². The van der Waals surface area contributed by atoms with Crippen LogP contribution in [0.5, 0.6) is 0 Å². The summed E-state index contributed by atoms with van der Waals surface area (Å²) in [4.78, 5) is 19.5. The molecule has 0 aliphatic carbocycles. The minimum absolute atomic E-state index is 0.0249. The molecule has 0 bridgehead atoms. The van der Waals surface area contributed by atoms with Crippen molar-refractivity contribution in [3.63, 3.8) is 0 Å². The molecule has 2 aliphatic rings. The second-order valence-electron chi connectivity index (χ2n) is 8.84. The number of hydrogen-bond acceptors (Lipinski definition) is 8. The molecule has 0 amide bonds. The molecule has 0 spiro atoms. The number of nitrogens with zero attached hydrogens (tertiary/aromatic N) is 6. The van der Waals surface area contributed by atoms with Gasteiger partial charge in [-0.15, -0.1) is 0 Å². The van der Waals surface area contributed by atoms with Gasteiger partial charge in [-0.2, -0.15) is 23.1 Å². The molecule has 1 aromatic carbocycles. The van der Waals surface area contributed by atoms with Gasteiger partial charge in [-0.05, 0) is 31.2 Å². The summed E-state index contributed by atoms with van der Waals surface area (Å²) in [7, 11) is 0. The first-order valence-electron chi connectivity index (χ1n) is 11.9. The van der Waals surface area contributed by atoms with Crippen molar-refractivity contribution in [3.05, 3.63) is 59.8 Å². The van der Waals surface area contributed by atoms with E-state index in [9.17, 15) is 13.2 Å². The number of anilines is 5. The van der Waals surface area contributed by atoms with E-state index in [2.05, 4.69) is 20.1 Å². The van der Waals surface area contributed by atoms with Crippen molar-refractivity contribution < 1.29 is 17.9 Å². The Balaban J connectivity index is 1.37. The minimum Gasteiger partial charge on any atom is -0.378 e. The minimum atomic E-state index is -4.45. The predicted octanol–water partition coefficient (Wildman–Crippen LogP) is 4.11. The summed E-state index contributed by atoms with van der Waals surface area (Å²) in [5.74, 6) is 1.98. The third-order valence-electron chi connectivity index (χ3n) is 6.34. The van der Waals surface area contributed by atoms with E-state index in [1.165, 1.54) is 12.3 Å². The molecule has 1 N–H and O–H groups in total. The van der Waals surface area contributed by atoms with Gasteiger partial charge in [0.05, 0.1) is 18.8 Å². The molecule has 36 heavy (non-hydrogen) atoms. The van der Waals surface area contributed by atoms with Gasteiger partial charge in [-0.25, -0.2) is 4.98 Å². The number of aromatic nitrogens is 3. The number of piperazine rings is 1. The van der Waals surface area contributed by atoms with Crippen LogP contribution in [0.25, 0.3) is 0 Å². The van der Waals surface area contributed by atoms with E-state index in [0.717, 1.165) is 42.0 Å². The lowest BCUT2D eigenvalue weighted by atomic mass is 10.2.